The van der Waals surface area contributed by atoms with Crippen LogP contribution in [0.3, 0.4) is 0 Å². The first-order valence-corrected chi connectivity index (χ1v) is 11.0. The van der Waals surface area contributed by atoms with E-state index in [0.717, 1.165) is 12.8 Å². The number of piperidine rings is 2. The summed E-state index contributed by atoms with van der Waals surface area (Å²) in [5, 5.41) is 23.9. The van der Waals surface area contributed by atoms with Crippen LogP contribution in [0, 0.1) is 17.7 Å². The van der Waals surface area contributed by atoms with E-state index in [1.54, 1.807) is 25.1 Å². The Balaban J connectivity index is 1.60. The molecule has 4 rings (SSSR count). The molecule has 0 aromatic heterocycles. The first-order chi connectivity index (χ1) is 14.9. The van der Waals surface area contributed by atoms with Gasteiger partial charge < -0.3 is 25.2 Å². The Morgan fingerprint density at radius 3 is 2.68 bits per heavy atom. The van der Waals surface area contributed by atoms with Crippen molar-refractivity contribution >= 4 is 17.9 Å². The van der Waals surface area contributed by atoms with Gasteiger partial charge in [-0.1, -0.05) is 12.1 Å². The lowest BCUT2D eigenvalue weighted by molar-refractivity contribution is -0.0589. The number of ether oxygens (including phenoxy) is 1. The van der Waals surface area contributed by atoms with Crippen molar-refractivity contribution in [1.29, 1.82) is 0 Å². The highest BCUT2D eigenvalue weighted by atomic mass is 19.1. The lowest BCUT2D eigenvalue weighted by Crippen LogP contribution is -2.67. The zero-order chi connectivity index (χ0) is 22.1. The van der Waals surface area contributed by atoms with Crippen molar-refractivity contribution in [3.8, 4) is 0 Å². The Hall–Kier alpha value is -2.55. The minimum atomic E-state index is -1.04. The number of carbonyl (C=O) groups excluding carboxylic acids is 1. The van der Waals surface area contributed by atoms with Crippen molar-refractivity contribution in [2.24, 2.45) is 11.8 Å². The summed E-state index contributed by atoms with van der Waals surface area (Å²) >= 11 is 0. The Bertz CT molecular complexity index is 824. The van der Waals surface area contributed by atoms with Crippen molar-refractivity contribution < 1.29 is 28.9 Å². The molecule has 0 spiro atoms. The molecule has 0 radical (unpaired) electrons. The standard InChI is InChI=1S/C22H30FN3O5/c1-2-31-21(28)24-19-17-10-9-16(26(17)22(29)30)18(20(19)27)13-6-5-11-25(12-13)15-8-4-3-7-14(15)23/h3-4,7-8,13,16-20,27H,2,5-6,9-12H2,1H3,(H,24,28)(H,29,30). The summed E-state index contributed by atoms with van der Waals surface area (Å²) < 4.78 is 19.4. The molecule has 3 heterocycles. The first-order valence-electron chi connectivity index (χ1n) is 11.0. The number of hydrogen-bond acceptors (Lipinski definition) is 5. The van der Waals surface area contributed by atoms with Gasteiger partial charge in [0, 0.05) is 25.0 Å². The number of hydrogen-bond donors (Lipinski definition) is 3. The first kappa shape index (κ1) is 21.7. The van der Waals surface area contributed by atoms with Gasteiger partial charge in [0.15, 0.2) is 0 Å². The average Bonchev–Trinajstić information content (AvgIpc) is 3.12. The van der Waals surface area contributed by atoms with E-state index >= 15 is 0 Å². The van der Waals surface area contributed by atoms with Gasteiger partial charge in [0.05, 0.1) is 30.5 Å². The van der Waals surface area contributed by atoms with Crippen LogP contribution in [-0.4, -0.2) is 71.2 Å². The fourth-order valence-electron chi connectivity index (χ4n) is 5.91. The highest BCUT2D eigenvalue weighted by Gasteiger charge is 2.57. The molecule has 1 aromatic carbocycles. The van der Waals surface area contributed by atoms with E-state index in [1.807, 2.05) is 4.90 Å². The summed E-state index contributed by atoms with van der Waals surface area (Å²) in [5.74, 6) is -0.667. The normalized spacial score (nSPS) is 32.6. The number of benzene rings is 1. The number of alkyl carbamates (subject to hydrolysis) is 1. The number of amides is 2. The zero-order valence-corrected chi connectivity index (χ0v) is 17.6. The number of carboxylic acid groups (broad SMARTS) is 1. The summed E-state index contributed by atoms with van der Waals surface area (Å²) in [6.45, 7) is 3.12. The molecule has 3 saturated heterocycles. The third kappa shape index (κ3) is 4.03. The molecule has 6 atom stereocenters. The van der Waals surface area contributed by atoms with Gasteiger partial charge in [-0.3, -0.25) is 4.90 Å². The summed E-state index contributed by atoms with van der Waals surface area (Å²) in [6, 6.07) is 5.09. The minimum absolute atomic E-state index is 0.0271. The van der Waals surface area contributed by atoms with Crippen LogP contribution in [0.4, 0.5) is 19.7 Å². The van der Waals surface area contributed by atoms with Crippen LogP contribution >= 0.6 is 0 Å². The number of fused-ring (bicyclic) bond motifs is 2. The van der Waals surface area contributed by atoms with E-state index in [-0.39, 0.29) is 30.3 Å². The second-order valence-corrected chi connectivity index (χ2v) is 8.66. The van der Waals surface area contributed by atoms with Gasteiger partial charge >= 0.3 is 12.2 Å². The predicted molar refractivity (Wildman–Crippen MR) is 111 cm³/mol. The molecular weight excluding hydrogens is 405 g/mol. The van der Waals surface area contributed by atoms with Crippen LogP contribution in [0.25, 0.3) is 0 Å². The number of anilines is 1. The lowest BCUT2D eigenvalue weighted by Gasteiger charge is -2.50. The van der Waals surface area contributed by atoms with E-state index in [2.05, 4.69) is 5.32 Å². The molecule has 3 N–H and O–H groups in total. The molecule has 6 unspecified atom stereocenters. The molecule has 9 heteroatoms. The third-order valence-electron chi connectivity index (χ3n) is 7.07. The lowest BCUT2D eigenvalue weighted by atomic mass is 9.73. The van der Waals surface area contributed by atoms with Gasteiger partial charge in [-0.25, -0.2) is 14.0 Å². The predicted octanol–water partition coefficient (Wildman–Crippen LogP) is 2.66. The molecule has 0 saturated carbocycles. The van der Waals surface area contributed by atoms with Crippen LogP contribution in [0.1, 0.15) is 32.6 Å². The van der Waals surface area contributed by atoms with Crippen molar-refractivity contribution in [3.05, 3.63) is 30.1 Å². The maximum Gasteiger partial charge on any atom is 0.407 e. The fraction of sp³-hybridized carbons (Fsp3) is 0.636. The largest absolute Gasteiger partial charge is 0.465 e. The molecule has 3 fully saturated rings. The maximum absolute atomic E-state index is 14.4. The molecule has 2 amide bonds. The second kappa shape index (κ2) is 8.90. The summed E-state index contributed by atoms with van der Waals surface area (Å²) in [7, 11) is 0. The van der Waals surface area contributed by atoms with Crippen LogP contribution in [0.5, 0.6) is 0 Å². The summed E-state index contributed by atoms with van der Waals surface area (Å²) in [6.07, 6.45) is 0.248. The number of nitrogens with one attached hydrogen (secondary N) is 1. The third-order valence-corrected chi connectivity index (χ3v) is 7.07. The fourth-order valence-corrected chi connectivity index (χ4v) is 5.91. The Morgan fingerprint density at radius 1 is 1.23 bits per heavy atom. The van der Waals surface area contributed by atoms with Gasteiger partial charge in [0.1, 0.15) is 5.82 Å². The van der Waals surface area contributed by atoms with Crippen LogP contribution in [0.2, 0.25) is 0 Å². The van der Waals surface area contributed by atoms with E-state index < -0.39 is 30.4 Å². The van der Waals surface area contributed by atoms with Crippen molar-refractivity contribution in [2.75, 3.05) is 24.6 Å². The molecule has 0 aliphatic carbocycles. The number of rotatable bonds is 4. The highest BCUT2D eigenvalue weighted by Crippen LogP contribution is 2.45. The summed E-state index contributed by atoms with van der Waals surface area (Å²) in [4.78, 5) is 27.6. The Morgan fingerprint density at radius 2 is 1.97 bits per heavy atom. The van der Waals surface area contributed by atoms with Crippen molar-refractivity contribution in [3.63, 3.8) is 0 Å². The van der Waals surface area contributed by atoms with Crippen LogP contribution in [-0.2, 0) is 4.74 Å². The van der Waals surface area contributed by atoms with Gasteiger partial charge in [-0.15, -0.1) is 0 Å². The highest BCUT2D eigenvalue weighted by molar-refractivity contribution is 5.70. The number of para-hydroxylation sites is 1. The minimum Gasteiger partial charge on any atom is -0.465 e. The topological polar surface area (TPSA) is 102 Å². The van der Waals surface area contributed by atoms with Gasteiger partial charge in [0.25, 0.3) is 0 Å². The number of aliphatic hydroxyl groups excluding tert-OH is 1. The average molecular weight is 435 g/mol. The quantitative estimate of drug-likeness (QED) is 0.672. The molecule has 170 valence electrons. The number of carbonyl (C=O) groups is 2. The molecule has 31 heavy (non-hydrogen) atoms. The van der Waals surface area contributed by atoms with E-state index in [1.165, 1.54) is 11.0 Å². The second-order valence-electron chi connectivity index (χ2n) is 8.66. The smallest absolute Gasteiger partial charge is 0.407 e. The monoisotopic (exact) mass is 435 g/mol. The SMILES string of the molecule is CCOC(=O)NC1C(O)C(C2CCCN(c3ccccc3F)C2)C2CCC1N2C(=O)O. The van der Waals surface area contributed by atoms with Crippen LogP contribution in [0.15, 0.2) is 24.3 Å². The van der Waals surface area contributed by atoms with E-state index in [0.29, 0.717) is 31.6 Å². The number of nitrogens with zero attached hydrogens (tertiary/aromatic N) is 2. The molecule has 1 aromatic rings. The maximum atomic E-state index is 14.4. The zero-order valence-electron chi connectivity index (χ0n) is 17.6. The molecule has 3 aliphatic heterocycles. The molecule has 2 bridgehead atoms. The Kier molecular flexibility index (Phi) is 6.22. The van der Waals surface area contributed by atoms with Crippen molar-refractivity contribution in [2.45, 2.75) is 56.8 Å². The molecule has 8 nitrogen and oxygen atoms in total. The molecule has 3 aliphatic rings. The van der Waals surface area contributed by atoms with E-state index in [4.69, 9.17) is 4.74 Å². The number of halogens is 1. The number of aliphatic hydroxyl groups is 1. The Labute approximate surface area is 181 Å². The summed E-state index contributed by atoms with van der Waals surface area (Å²) in [5.41, 5.74) is 0.526. The van der Waals surface area contributed by atoms with Gasteiger partial charge in [-0.2, -0.15) is 0 Å². The van der Waals surface area contributed by atoms with E-state index in [9.17, 15) is 24.2 Å². The molecular formula is C22H30FN3O5. The van der Waals surface area contributed by atoms with Gasteiger partial charge in [-0.05, 0) is 50.7 Å². The van der Waals surface area contributed by atoms with Gasteiger partial charge in [0.2, 0.25) is 0 Å². The van der Waals surface area contributed by atoms with Crippen molar-refractivity contribution in [1.82, 2.24) is 10.2 Å². The van der Waals surface area contributed by atoms with Crippen LogP contribution < -0.4 is 10.2 Å².